The summed E-state index contributed by atoms with van der Waals surface area (Å²) < 4.78 is 4.99. The zero-order chi connectivity index (χ0) is 15.0. The Morgan fingerprint density at radius 1 is 1.55 bits per heavy atom. The maximum absolute atomic E-state index is 5.98. The average Bonchev–Trinajstić information content (AvgIpc) is 2.36. The van der Waals surface area contributed by atoms with Crippen molar-refractivity contribution in [3.05, 3.63) is 22.3 Å². The molecule has 0 spiro atoms. The Kier molecular flexibility index (Phi) is 7.43. The van der Waals surface area contributed by atoms with E-state index in [4.69, 9.17) is 33.7 Å². The van der Waals surface area contributed by atoms with Crippen molar-refractivity contribution in [3.8, 4) is 0 Å². The minimum atomic E-state index is 0.115. The van der Waals surface area contributed by atoms with Gasteiger partial charge in [0.25, 0.3) is 0 Å². The van der Waals surface area contributed by atoms with E-state index in [2.05, 4.69) is 20.6 Å². The fourth-order valence-electron chi connectivity index (χ4n) is 1.49. The molecule has 1 heterocycles. The van der Waals surface area contributed by atoms with Crippen LogP contribution in [-0.2, 0) is 4.74 Å². The largest absolute Gasteiger partial charge is 0.383 e. The van der Waals surface area contributed by atoms with Gasteiger partial charge in [-0.15, -0.1) is 0 Å². The molecule has 0 aliphatic heterocycles. The molecule has 0 amide bonds. The Balaban J connectivity index is 2.33. The van der Waals surface area contributed by atoms with Crippen LogP contribution in [0.15, 0.2) is 17.3 Å². The van der Waals surface area contributed by atoms with Gasteiger partial charge in [-0.25, -0.2) is 4.98 Å². The van der Waals surface area contributed by atoms with Crippen LogP contribution in [0.2, 0.25) is 10.0 Å². The predicted octanol–water partition coefficient (Wildman–Crippen LogP) is 1.74. The third-order valence-electron chi connectivity index (χ3n) is 2.31. The summed E-state index contributed by atoms with van der Waals surface area (Å²) in [5.41, 5.74) is 5.73. The highest BCUT2D eigenvalue weighted by Gasteiger charge is 2.03. The fourth-order valence-corrected chi connectivity index (χ4v) is 1.93. The van der Waals surface area contributed by atoms with Crippen molar-refractivity contribution in [2.45, 2.75) is 13.0 Å². The molecule has 0 aromatic carbocycles. The second-order valence-corrected chi connectivity index (χ2v) is 5.02. The standard InChI is InChI=1S/C12H19Cl2N5O/c1-8(7-20-2)19-12(15)17-4-3-16-11-10(14)5-9(13)6-18-11/h5-6,8H,3-4,7H2,1-2H3,(H,16,18)(H3,15,17,19). The SMILES string of the molecule is COCC(C)NC(N)=NCCNc1ncc(Cl)cc1Cl. The van der Waals surface area contributed by atoms with Crippen LogP contribution in [-0.4, -0.2) is 43.8 Å². The number of nitrogens with zero attached hydrogens (tertiary/aromatic N) is 2. The highest BCUT2D eigenvalue weighted by atomic mass is 35.5. The molecule has 4 N–H and O–H groups in total. The van der Waals surface area contributed by atoms with Gasteiger partial charge in [-0.1, -0.05) is 23.2 Å². The second kappa shape index (κ2) is 8.84. The van der Waals surface area contributed by atoms with E-state index in [1.807, 2.05) is 6.92 Å². The number of hydrogen-bond acceptors (Lipinski definition) is 4. The van der Waals surface area contributed by atoms with Crippen molar-refractivity contribution in [2.24, 2.45) is 10.7 Å². The van der Waals surface area contributed by atoms with Gasteiger partial charge in [-0.3, -0.25) is 4.99 Å². The van der Waals surface area contributed by atoms with Crippen LogP contribution in [0.3, 0.4) is 0 Å². The van der Waals surface area contributed by atoms with E-state index in [9.17, 15) is 0 Å². The van der Waals surface area contributed by atoms with Gasteiger partial charge >= 0.3 is 0 Å². The van der Waals surface area contributed by atoms with Crippen molar-refractivity contribution in [1.29, 1.82) is 0 Å². The van der Waals surface area contributed by atoms with E-state index in [1.165, 1.54) is 6.20 Å². The average molecular weight is 320 g/mol. The van der Waals surface area contributed by atoms with Crippen LogP contribution in [0.4, 0.5) is 5.82 Å². The summed E-state index contributed by atoms with van der Waals surface area (Å²) in [6.07, 6.45) is 1.53. The van der Waals surface area contributed by atoms with Crippen LogP contribution in [0, 0.1) is 0 Å². The highest BCUT2D eigenvalue weighted by Crippen LogP contribution is 2.21. The third-order valence-corrected chi connectivity index (χ3v) is 2.80. The van der Waals surface area contributed by atoms with Crippen LogP contribution in [0.1, 0.15) is 6.92 Å². The molecule has 0 radical (unpaired) electrons. The molecule has 1 aromatic rings. The van der Waals surface area contributed by atoms with Crippen molar-refractivity contribution in [3.63, 3.8) is 0 Å². The third kappa shape index (κ3) is 6.27. The van der Waals surface area contributed by atoms with E-state index in [0.717, 1.165) is 0 Å². The number of aromatic nitrogens is 1. The lowest BCUT2D eigenvalue weighted by Crippen LogP contribution is -2.40. The van der Waals surface area contributed by atoms with E-state index >= 15 is 0 Å². The first-order valence-corrected chi connectivity index (χ1v) is 6.88. The maximum Gasteiger partial charge on any atom is 0.188 e. The molecular formula is C12H19Cl2N5O. The van der Waals surface area contributed by atoms with E-state index in [0.29, 0.717) is 41.5 Å². The molecule has 112 valence electrons. The Hall–Kier alpha value is -1.24. The number of halogens is 2. The normalized spacial score (nSPS) is 13.1. The van der Waals surface area contributed by atoms with E-state index in [1.54, 1.807) is 13.2 Å². The second-order valence-electron chi connectivity index (χ2n) is 4.18. The number of anilines is 1. The van der Waals surface area contributed by atoms with E-state index in [-0.39, 0.29) is 6.04 Å². The lowest BCUT2D eigenvalue weighted by molar-refractivity contribution is 0.179. The summed E-state index contributed by atoms with van der Waals surface area (Å²) in [5, 5.41) is 7.04. The number of pyridine rings is 1. The van der Waals surface area contributed by atoms with Gasteiger partial charge in [-0.05, 0) is 13.0 Å². The molecule has 0 fully saturated rings. The molecule has 0 saturated heterocycles. The van der Waals surface area contributed by atoms with Gasteiger partial charge < -0.3 is 21.1 Å². The number of nitrogens with one attached hydrogen (secondary N) is 2. The van der Waals surface area contributed by atoms with Crippen LogP contribution in [0.25, 0.3) is 0 Å². The first-order chi connectivity index (χ1) is 9.52. The Morgan fingerprint density at radius 3 is 2.95 bits per heavy atom. The minimum absolute atomic E-state index is 0.115. The number of ether oxygens (including phenoxy) is 1. The van der Waals surface area contributed by atoms with Crippen LogP contribution >= 0.6 is 23.2 Å². The summed E-state index contributed by atoms with van der Waals surface area (Å²) in [4.78, 5) is 8.26. The van der Waals surface area contributed by atoms with E-state index < -0.39 is 0 Å². The monoisotopic (exact) mass is 319 g/mol. The zero-order valence-electron chi connectivity index (χ0n) is 11.5. The number of methoxy groups -OCH3 is 1. The molecule has 20 heavy (non-hydrogen) atoms. The zero-order valence-corrected chi connectivity index (χ0v) is 13.0. The van der Waals surface area contributed by atoms with Crippen molar-refractivity contribution < 1.29 is 4.74 Å². The number of nitrogens with two attached hydrogens (primary N) is 1. The van der Waals surface area contributed by atoms with Gasteiger partial charge in [0.2, 0.25) is 0 Å². The number of aliphatic imine (C=N–C) groups is 1. The molecule has 1 aromatic heterocycles. The van der Waals surface area contributed by atoms with Gasteiger partial charge in [0.15, 0.2) is 5.96 Å². The highest BCUT2D eigenvalue weighted by molar-refractivity contribution is 6.35. The molecule has 0 saturated carbocycles. The quantitative estimate of drug-likeness (QED) is 0.405. The van der Waals surface area contributed by atoms with Crippen molar-refractivity contribution in [2.75, 3.05) is 32.1 Å². The lowest BCUT2D eigenvalue weighted by atomic mass is 10.4. The summed E-state index contributed by atoms with van der Waals surface area (Å²) in [6.45, 7) is 3.59. The smallest absolute Gasteiger partial charge is 0.188 e. The molecule has 0 bridgehead atoms. The van der Waals surface area contributed by atoms with Crippen molar-refractivity contribution >= 4 is 35.0 Å². The Bertz CT molecular complexity index is 455. The number of rotatable bonds is 7. The van der Waals surface area contributed by atoms with Gasteiger partial charge in [0, 0.05) is 25.9 Å². The molecule has 6 nitrogen and oxygen atoms in total. The first-order valence-electron chi connectivity index (χ1n) is 6.13. The molecule has 8 heteroatoms. The lowest BCUT2D eigenvalue weighted by Gasteiger charge is -2.13. The number of guanidine groups is 1. The van der Waals surface area contributed by atoms with Crippen molar-refractivity contribution in [1.82, 2.24) is 10.3 Å². The topological polar surface area (TPSA) is 84.6 Å². The summed E-state index contributed by atoms with van der Waals surface area (Å²) >= 11 is 11.7. The summed E-state index contributed by atoms with van der Waals surface area (Å²) in [7, 11) is 1.64. The minimum Gasteiger partial charge on any atom is -0.383 e. The van der Waals surface area contributed by atoms with Crippen LogP contribution in [0.5, 0.6) is 0 Å². The van der Waals surface area contributed by atoms with Gasteiger partial charge in [-0.2, -0.15) is 0 Å². The maximum atomic E-state index is 5.98. The van der Waals surface area contributed by atoms with Crippen LogP contribution < -0.4 is 16.4 Å². The molecule has 1 unspecified atom stereocenters. The predicted molar refractivity (Wildman–Crippen MR) is 83.7 cm³/mol. The molecule has 1 atom stereocenters. The fraction of sp³-hybridized carbons (Fsp3) is 0.500. The van der Waals surface area contributed by atoms with Gasteiger partial charge in [0.1, 0.15) is 5.82 Å². The summed E-state index contributed by atoms with van der Waals surface area (Å²) in [6, 6.07) is 1.74. The first kappa shape index (κ1) is 16.8. The number of hydrogen-bond donors (Lipinski definition) is 3. The van der Waals surface area contributed by atoms with Gasteiger partial charge in [0.05, 0.1) is 23.2 Å². The summed E-state index contributed by atoms with van der Waals surface area (Å²) in [5.74, 6) is 0.956. The molecule has 1 rings (SSSR count). The molecular weight excluding hydrogens is 301 g/mol. The molecule has 0 aliphatic rings. The Morgan fingerprint density at radius 2 is 2.30 bits per heavy atom. The Labute approximate surface area is 128 Å². The molecule has 0 aliphatic carbocycles.